The number of aromatic nitrogens is 1. The normalized spacial score (nSPS) is 20.3. The van der Waals surface area contributed by atoms with Crippen LogP contribution in [0.3, 0.4) is 0 Å². The van der Waals surface area contributed by atoms with Gasteiger partial charge in [0.1, 0.15) is 10.8 Å². The van der Waals surface area contributed by atoms with E-state index in [4.69, 9.17) is 14.8 Å². The Labute approximate surface area is 187 Å². The Morgan fingerprint density at radius 1 is 1.39 bits per heavy atom. The van der Waals surface area contributed by atoms with Gasteiger partial charge in [-0.05, 0) is 49.5 Å². The maximum atomic E-state index is 10.9. The second kappa shape index (κ2) is 9.24. The summed E-state index contributed by atoms with van der Waals surface area (Å²) in [7, 11) is 1.94. The highest BCUT2D eigenvalue weighted by molar-refractivity contribution is 7.15. The molecule has 0 radical (unpaired) electrons. The van der Waals surface area contributed by atoms with Crippen LogP contribution in [0.25, 0.3) is 10.4 Å². The summed E-state index contributed by atoms with van der Waals surface area (Å²) in [6.45, 7) is 4.05. The largest absolute Gasteiger partial charge is 0.489 e. The first-order valence-electron chi connectivity index (χ1n) is 10.7. The number of thiazole rings is 1. The molecule has 164 valence electrons. The molecular formula is C24H29N3O3S. The molecule has 0 aliphatic heterocycles. The van der Waals surface area contributed by atoms with Crippen molar-refractivity contribution in [1.29, 1.82) is 0 Å². The predicted molar refractivity (Wildman–Crippen MR) is 123 cm³/mol. The number of ether oxygens (including phenoxy) is 1. The number of hydrogen-bond acceptors (Lipinski definition) is 6. The van der Waals surface area contributed by atoms with E-state index >= 15 is 0 Å². The van der Waals surface area contributed by atoms with Gasteiger partial charge in [-0.25, -0.2) is 4.98 Å². The summed E-state index contributed by atoms with van der Waals surface area (Å²) in [5.41, 5.74) is 4.84. The molecule has 0 saturated heterocycles. The van der Waals surface area contributed by atoms with E-state index in [-0.39, 0.29) is 24.6 Å². The van der Waals surface area contributed by atoms with Crippen molar-refractivity contribution in [2.75, 3.05) is 13.6 Å². The number of aliphatic carboxylic acids is 1. The summed E-state index contributed by atoms with van der Waals surface area (Å²) in [4.78, 5) is 16.9. The van der Waals surface area contributed by atoms with Crippen molar-refractivity contribution < 1.29 is 14.6 Å². The lowest BCUT2D eigenvalue weighted by Gasteiger charge is -2.22. The van der Waals surface area contributed by atoms with Gasteiger partial charge in [0.25, 0.3) is 0 Å². The van der Waals surface area contributed by atoms with E-state index in [9.17, 15) is 4.79 Å². The number of allylic oxidation sites excluding steroid dienone is 3. The van der Waals surface area contributed by atoms with E-state index < -0.39 is 5.97 Å². The molecule has 1 aromatic carbocycles. The maximum Gasteiger partial charge on any atom is 0.317 e. The van der Waals surface area contributed by atoms with Gasteiger partial charge in [-0.15, -0.1) is 11.3 Å². The van der Waals surface area contributed by atoms with Crippen LogP contribution in [-0.4, -0.2) is 35.8 Å². The van der Waals surface area contributed by atoms with Crippen LogP contribution in [0.2, 0.25) is 0 Å². The van der Waals surface area contributed by atoms with Crippen LogP contribution < -0.4 is 10.6 Å². The standard InChI is InChI=1S/C24H29N3O3S/c1-14(2)30-21-10-7-15(11-20(21)25-3)24-27-12-22(31-24)18-6-4-5-17-16(18)8-9-19(17)26-13-23(28)29/h4-7,10,12,14-15,19,25-26H,8-9,11,13H2,1-3H3,(H,28,29)/t15?,19-/m1/s1. The van der Waals surface area contributed by atoms with Crippen LogP contribution in [0.1, 0.15) is 54.8 Å². The van der Waals surface area contributed by atoms with Gasteiger partial charge >= 0.3 is 5.97 Å². The number of benzene rings is 1. The van der Waals surface area contributed by atoms with Crippen molar-refractivity contribution >= 4 is 17.3 Å². The molecule has 0 bridgehead atoms. The zero-order valence-corrected chi connectivity index (χ0v) is 19.0. The number of fused-ring (bicyclic) bond motifs is 1. The molecule has 0 fully saturated rings. The molecule has 7 heteroatoms. The summed E-state index contributed by atoms with van der Waals surface area (Å²) in [6.07, 6.45) is 9.07. The zero-order valence-electron chi connectivity index (χ0n) is 18.1. The van der Waals surface area contributed by atoms with Crippen molar-refractivity contribution in [3.63, 3.8) is 0 Å². The van der Waals surface area contributed by atoms with Crippen molar-refractivity contribution in [2.24, 2.45) is 0 Å². The molecule has 0 amide bonds. The first-order chi connectivity index (χ1) is 15.0. The number of carboxylic acid groups (broad SMARTS) is 1. The summed E-state index contributed by atoms with van der Waals surface area (Å²) < 4.78 is 5.92. The fourth-order valence-electron chi connectivity index (χ4n) is 4.34. The van der Waals surface area contributed by atoms with Gasteiger partial charge in [0.05, 0.1) is 23.2 Å². The van der Waals surface area contributed by atoms with Crippen LogP contribution in [0.15, 0.2) is 48.0 Å². The first kappa shape index (κ1) is 21.6. The number of carboxylic acids is 1. The van der Waals surface area contributed by atoms with Crippen molar-refractivity contribution in [3.8, 4) is 10.4 Å². The van der Waals surface area contributed by atoms with Crippen molar-refractivity contribution in [2.45, 2.75) is 51.2 Å². The number of hydrogen-bond donors (Lipinski definition) is 3. The Morgan fingerprint density at radius 3 is 2.97 bits per heavy atom. The van der Waals surface area contributed by atoms with Gasteiger partial charge in [-0.2, -0.15) is 0 Å². The van der Waals surface area contributed by atoms with E-state index in [0.29, 0.717) is 0 Å². The van der Waals surface area contributed by atoms with Gasteiger partial charge in [-0.3, -0.25) is 4.79 Å². The third kappa shape index (κ3) is 4.67. The predicted octanol–water partition coefficient (Wildman–Crippen LogP) is 4.37. The van der Waals surface area contributed by atoms with E-state index in [1.807, 2.05) is 27.1 Å². The number of carbonyl (C=O) groups is 1. The molecule has 1 aromatic heterocycles. The third-order valence-electron chi connectivity index (χ3n) is 5.74. The lowest BCUT2D eigenvalue weighted by Crippen LogP contribution is -2.25. The van der Waals surface area contributed by atoms with Crippen molar-refractivity contribution in [1.82, 2.24) is 15.6 Å². The van der Waals surface area contributed by atoms with Crippen molar-refractivity contribution in [3.05, 3.63) is 64.1 Å². The molecule has 31 heavy (non-hydrogen) atoms. The zero-order chi connectivity index (χ0) is 22.0. The average molecular weight is 440 g/mol. The molecular weight excluding hydrogens is 410 g/mol. The van der Waals surface area contributed by atoms with Gasteiger partial charge in [0, 0.05) is 31.6 Å². The second-order valence-electron chi connectivity index (χ2n) is 8.23. The smallest absolute Gasteiger partial charge is 0.317 e. The molecule has 2 aliphatic rings. The maximum absolute atomic E-state index is 10.9. The highest BCUT2D eigenvalue weighted by atomic mass is 32.1. The number of nitrogens with zero attached hydrogens (tertiary/aromatic N) is 1. The number of nitrogens with one attached hydrogen (secondary N) is 2. The molecule has 2 aromatic rings. The Bertz CT molecular complexity index is 1020. The molecule has 1 heterocycles. The minimum atomic E-state index is -0.825. The molecule has 2 aliphatic carbocycles. The van der Waals surface area contributed by atoms with E-state index in [2.05, 4.69) is 41.0 Å². The van der Waals surface area contributed by atoms with E-state index in [0.717, 1.165) is 35.7 Å². The monoisotopic (exact) mass is 439 g/mol. The van der Waals surface area contributed by atoms with Gasteiger partial charge < -0.3 is 20.5 Å². The minimum absolute atomic E-state index is 0.0170. The van der Waals surface area contributed by atoms with Gasteiger partial charge in [0.15, 0.2) is 0 Å². The van der Waals surface area contributed by atoms with Gasteiger partial charge in [-0.1, -0.05) is 24.3 Å². The summed E-state index contributed by atoms with van der Waals surface area (Å²) in [5.74, 6) is 0.308. The molecule has 6 nitrogen and oxygen atoms in total. The Balaban J connectivity index is 1.54. The Kier molecular flexibility index (Phi) is 6.43. The lowest BCUT2D eigenvalue weighted by atomic mass is 9.98. The second-order valence-corrected chi connectivity index (χ2v) is 9.29. The highest BCUT2D eigenvalue weighted by Crippen LogP contribution is 2.41. The highest BCUT2D eigenvalue weighted by Gasteiger charge is 2.27. The molecule has 0 saturated carbocycles. The minimum Gasteiger partial charge on any atom is -0.489 e. The Hall–Kier alpha value is -2.64. The lowest BCUT2D eigenvalue weighted by molar-refractivity contribution is -0.136. The summed E-state index contributed by atoms with van der Waals surface area (Å²) >= 11 is 1.74. The molecule has 2 atom stereocenters. The van der Waals surface area contributed by atoms with Crippen LogP contribution in [0, 0.1) is 0 Å². The van der Waals surface area contributed by atoms with E-state index in [1.165, 1.54) is 21.6 Å². The SMILES string of the molecule is CNC1=C(OC(C)C)C=CC(c2ncc(-c3cccc4c3CC[C@H]4NCC(=O)O)s2)C1. The summed E-state index contributed by atoms with van der Waals surface area (Å²) in [6, 6.07) is 6.42. The molecule has 4 rings (SSSR count). The topological polar surface area (TPSA) is 83.5 Å². The third-order valence-corrected chi connectivity index (χ3v) is 6.90. The fraction of sp³-hybridized carbons (Fsp3) is 0.417. The number of rotatable bonds is 8. The van der Waals surface area contributed by atoms with Crippen LogP contribution >= 0.6 is 11.3 Å². The van der Waals surface area contributed by atoms with Gasteiger partial charge in [0.2, 0.25) is 0 Å². The molecule has 0 spiro atoms. The van der Waals surface area contributed by atoms with Crippen LogP contribution in [0.5, 0.6) is 0 Å². The first-order valence-corrected chi connectivity index (χ1v) is 11.6. The molecule has 1 unspecified atom stereocenters. The molecule has 3 N–H and O–H groups in total. The average Bonchev–Trinajstić information content (AvgIpc) is 3.39. The van der Waals surface area contributed by atoms with E-state index in [1.54, 1.807) is 11.3 Å². The fourth-order valence-corrected chi connectivity index (χ4v) is 5.39. The summed E-state index contributed by atoms with van der Waals surface area (Å²) in [5, 5.41) is 16.5. The Morgan fingerprint density at radius 2 is 2.23 bits per heavy atom. The quantitative estimate of drug-likeness (QED) is 0.566. The van der Waals surface area contributed by atoms with Crippen LogP contribution in [-0.2, 0) is 16.0 Å². The van der Waals surface area contributed by atoms with Crippen LogP contribution in [0.4, 0.5) is 0 Å².